The Hall–Kier alpha value is -1.59. The van der Waals surface area contributed by atoms with Gasteiger partial charge in [-0.15, -0.1) is 0 Å². The van der Waals surface area contributed by atoms with Crippen molar-refractivity contribution in [2.24, 2.45) is 0 Å². The SMILES string of the molecule is CC(C)N(C)C(=O)N1CCN(C)C(=O)C1=O. The van der Waals surface area contributed by atoms with Gasteiger partial charge in [0, 0.05) is 33.2 Å². The monoisotopic (exact) mass is 227 g/mol. The molecule has 0 N–H and O–H groups in total. The summed E-state index contributed by atoms with van der Waals surface area (Å²) in [6.45, 7) is 4.35. The molecular weight excluding hydrogens is 210 g/mol. The lowest BCUT2D eigenvalue weighted by molar-refractivity contribution is -0.153. The third kappa shape index (κ3) is 2.15. The van der Waals surface area contributed by atoms with E-state index in [1.807, 2.05) is 13.8 Å². The molecule has 1 rings (SSSR count). The second kappa shape index (κ2) is 4.51. The van der Waals surface area contributed by atoms with E-state index in [0.717, 1.165) is 4.90 Å². The van der Waals surface area contributed by atoms with Crippen molar-refractivity contribution in [2.75, 3.05) is 27.2 Å². The van der Waals surface area contributed by atoms with Gasteiger partial charge in [-0.05, 0) is 13.8 Å². The molecule has 0 spiro atoms. The number of urea groups is 1. The molecule has 0 aromatic rings. The third-order valence-corrected chi connectivity index (χ3v) is 2.74. The molecule has 0 aliphatic carbocycles. The molecule has 6 nitrogen and oxygen atoms in total. The van der Waals surface area contributed by atoms with Crippen LogP contribution in [0, 0.1) is 0 Å². The Morgan fingerprint density at radius 2 is 1.81 bits per heavy atom. The largest absolute Gasteiger partial charge is 0.336 e. The number of hydrogen-bond donors (Lipinski definition) is 0. The highest BCUT2D eigenvalue weighted by atomic mass is 16.2. The second-order valence-corrected chi connectivity index (χ2v) is 4.17. The molecule has 6 heteroatoms. The highest BCUT2D eigenvalue weighted by Gasteiger charge is 2.35. The van der Waals surface area contributed by atoms with Crippen LogP contribution in [0.25, 0.3) is 0 Å². The van der Waals surface area contributed by atoms with Crippen molar-refractivity contribution in [3.05, 3.63) is 0 Å². The average Bonchev–Trinajstić information content (AvgIpc) is 2.24. The molecule has 16 heavy (non-hydrogen) atoms. The van der Waals surface area contributed by atoms with E-state index >= 15 is 0 Å². The summed E-state index contributed by atoms with van der Waals surface area (Å²) >= 11 is 0. The van der Waals surface area contributed by atoms with E-state index in [9.17, 15) is 14.4 Å². The predicted octanol–water partition coefficient (Wildman–Crippen LogP) is -0.253. The summed E-state index contributed by atoms with van der Waals surface area (Å²) in [6, 6.07) is -0.420. The standard InChI is InChI=1S/C10H17N3O3/c1-7(2)12(4)10(16)13-6-5-11(3)8(14)9(13)15/h7H,5-6H2,1-4H3. The average molecular weight is 227 g/mol. The maximum atomic E-state index is 11.9. The number of carbonyl (C=O) groups is 3. The van der Waals surface area contributed by atoms with Crippen LogP contribution in [0.2, 0.25) is 0 Å². The van der Waals surface area contributed by atoms with Crippen LogP contribution in [0.5, 0.6) is 0 Å². The van der Waals surface area contributed by atoms with Crippen LogP contribution in [-0.4, -0.2) is 65.8 Å². The summed E-state index contributed by atoms with van der Waals surface area (Å²) in [7, 11) is 3.16. The van der Waals surface area contributed by atoms with Crippen molar-refractivity contribution in [1.29, 1.82) is 0 Å². The Labute approximate surface area is 94.8 Å². The fourth-order valence-electron chi connectivity index (χ4n) is 1.33. The minimum atomic E-state index is -0.744. The Morgan fingerprint density at radius 3 is 2.31 bits per heavy atom. The molecule has 90 valence electrons. The van der Waals surface area contributed by atoms with Crippen LogP contribution in [-0.2, 0) is 9.59 Å². The van der Waals surface area contributed by atoms with E-state index in [2.05, 4.69) is 0 Å². The zero-order valence-electron chi connectivity index (χ0n) is 10.1. The van der Waals surface area contributed by atoms with Gasteiger partial charge in [0.2, 0.25) is 0 Å². The molecular formula is C10H17N3O3. The molecule has 0 radical (unpaired) electrons. The first kappa shape index (κ1) is 12.5. The summed E-state index contributed by atoms with van der Waals surface area (Å²) in [5.41, 5.74) is 0. The summed E-state index contributed by atoms with van der Waals surface area (Å²) < 4.78 is 0. The highest BCUT2D eigenvalue weighted by Crippen LogP contribution is 2.08. The third-order valence-electron chi connectivity index (χ3n) is 2.74. The van der Waals surface area contributed by atoms with E-state index in [-0.39, 0.29) is 12.6 Å². The van der Waals surface area contributed by atoms with E-state index in [1.54, 1.807) is 14.1 Å². The zero-order chi connectivity index (χ0) is 12.5. The number of rotatable bonds is 1. The first-order valence-electron chi connectivity index (χ1n) is 5.20. The molecule has 1 aliphatic heterocycles. The summed E-state index contributed by atoms with van der Waals surface area (Å²) in [6.07, 6.45) is 0. The molecule has 1 fully saturated rings. The lowest BCUT2D eigenvalue weighted by atomic mass is 10.3. The fraction of sp³-hybridized carbons (Fsp3) is 0.700. The van der Waals surface area contributed by atoms with Crippen molar-refractivity contribution < 1.29 is 14.4 Å². The number of likely N-dealkylation sites (N-methyl/N-ethyl adjacent to an activating group) is 1. The van der Waals surface area contributed by atoms with Gasteiger partial charge < -0.3 is 9.80 Å². The van der Waals surface area contributed by atoms with Crippen LogP contribution >= 0.6 is 0 Å². The normalized spacial score (nSPS) is 17.1. The van der Waals surface area contributed by atoms with Crippen molar-refractivity contribution in [3.8, 4) is 0 Å². The molecule has 0 saturated carbocycles. The molecule has 0 unspecified atom stereocenters. The van der Waals surface area contributed by atoms with Crippen molar-refractivity contribution in [2.45, 2.75) is 19.9 Å². The fourth-order valence-corrected chi connectivity index (χ4v) is 1.33. The molecule has 1 aliphatic rings. The van der Waals surface area contributed by atoms with Gasteiger partial charge in [-0.3, -0.25) is 14.5 Å². The molecule has 0 aromatic heterocycles. The minimum absolute atomic E-state index is 0.00458. The zero-order valence-corrected chi connectivity index (χ0v) is 10.1. The predicted molar refractivity (Wildman–Crippen MR) is 57.6 cm³/mol. The summed E-state index contributed by atoms with van der Waals surface area (Å²) in [5, 5.41) is 0. The molecule has 0 bridgehead atoms. The van der Waals surface area contributed by atoms with Crippen LogP contribution < -0.4 is 0 Å². The topological polar surface area (TPSA) is 60.9 Å². The van der Waals surface area contributed by atoms with Crippen molar-refractivity contribution in [3.63, 3.8) is 0 Å². The van der Waals surface area contributed by atoms with Gasteiger partial charge in [0.25, 0.3) is 0 Å². The van der Waals surface area contributed by atoms with Gasteiger partial charge in [0.05, 0.1) is 0 Å². The second-order valence-electron chi connectivity index (χ2n) is 4.17. The summed E-state index contributed by atoms with van der Waals surface area (Å²) in [5.74, 6) is -1.37. The number of hydrogen-bond acceptors (Lipinski definition) is 3. The van der Waals surface area contributed by atoms with Gasteiger partial charge in [-0.25, -0.2) is 4.79 Å². The number of amides is 4. The van der Waals surface area contributed by atoms with E-state index < -0.39 is 17.8 Å². The molecule has 0 aromatic carbocycles. The maximum absolute atomic E-state index is 11.9. The van der Waals surface area contributed by atoms with Crippen LogP contribution in [0.4, 0.5) is 4.79 Å². The molecule has 4 amide bonds. The quantitative estimate of drug-likeness (QED) is 0.580. The van der Waals surface area contributed by atoms with Crippen molar-refractivity contribution >= 4 is 17.8 Å². The van der Waals surface area contributed by atoms with Gasteiger partial charge in [-0.1, -0.05) is 0 Å². The number of imide groups is 1. The lowest BCUT2D eigenvalue weighted by Crippen LogP contribution is -2.58. The Bertz CT molecular complexity index is 327. The number of carbonyl (C=O) groups excluding carboxylic acids is 3. The maximum Gasteiger partial charge on any atom is 0.327 e. The van der Waals surface area contributed by atoms with E-state index in [4.69, 9.17) is 0 Å². The highest BCUT2D eigenvalue weighted by molar-refractivity contribution is 6.37. The Balaban J connectivity index is 2.78. The lowest BCUT2D eigenvalue weighted by Gasteiger charge is -2.33. The van der Waals surface area contributed by atoms with E-state index in [0.29, 0.717) is 6.54 Å². The van der Waals surface area contributed by atoms with Crippen molar-refractivity contribution in [1.82, 2.24) is 14.7 Å². The van der Waals surface area contributed by atoms with Gasteiger partial charge in [-0.2, -0.15) is 0 Å². The first-order valence-corrected chi connectivity index (χ1v) is 5.20. The number of piperazine rings is 1. The van der Waals surface area contributed by atoms with Crippen LogP contribution in [0.1, 0.15) is 13.8 Å². The van der Waals surface area contributed by atoms with Gasteiger partial charge in [0.15, 0.2) is 0 Å². The molecule has 0 atom stereocenters. The Kier molecular flexibility index (Phi) is 3.51. The first-order chi connectivity index (χ1) is 7.36. The number of nitrogens with zero attached hydrogens (tertiary/aromatic N) is 3. The van der Waals surface area contributed by atoms with Gasteiger partial charge in [0.1, 0.15) is 0 Å². The summed E-state index contributed by atoms with van der Waals surface area (Å²) in [4.78, 5) is 38.6. The van der Waals surface area contributed by atoms with E-state index in [1.165, 1.54) is 9.80 Å². The van der Waals surface area contributed by atoms with Gasteiger partial charge >= 0.3 is 17.8 Å². The van der Waals surface area contributed by atoms with Crippen LogP contribution in [0.15, 0.2) is 0 Å². The molecule has 1 saturated heterocycles. The molecule has 1 heterocycles. The van der Waals surface area contributed by atoms with Crippen LogP contribution in [0.3, 0.4) is 0 Å². The Morgan fingerprint density at radius 1 is 1.25 bits per heavy atom. The minimum Gasteiger partial charge on any atom is -0.336 e. The smallest absolute Gasteiger partial charge is 0.327 e.